The Morgan fingerprint density at radius 1 is 0.929 bits per heavy atom. The molecule has 140 valence electrons. The molecule has 3 aromatic carbocycles. The quantitative estimate of drug-likeness (QED) is 0.432. The molecule has 0 fully saturated rings. The molecule has 0 aliphatic heterocycles. The Hall–Kier alpha value is -3.24. The molecule has 3 N–H and O–H groups in total. The van der Waals surface area contributed by atoms with E-state index in [4.69, 9.17) is 17.3 Å². The van der Waals surface area contributed by atoms with Crippen LogP contribution in [0.1, 0.15) is 11.3 Å². The van der Waals surface area contributed by atoms with Crippen molar-refractivity contribution < 1.29 is 0 Å². The van der Waals surface area contributed by atoms with Crippen molar-refractivity contribution in [2.24, 2.45) is 0 Å². The zero-order chi connectivity index (χ0) is 19.3. The summed E-state index contributed by atoms with van der Waals surface area (Å²) in [5, 5.41) is 4.13. The zero-order valence-corrected chi connectivity index (χ0v) is 16.1. The lowest BCUT2D eigenvalue weighted by Crippen LogP contribution is -2.08. The lowest BCUT2D eigenvalue weighted by molar-refractivity contribution is 0.750. The summed E-state index contributed by atoms with van der Waals surface area (Å²) in [4.78, 5) is 4.32. The lowest BCUT2D eigenvalue weighted by Gasteiger charge is -2.12. The SMILES string of the molecule is Nc1cc(Cn2cncc2CNc2ccc(Cl)cc2)cc(-c2ccccc2)c1. The van der Waals surface area contributed by atoms with E-state index in [9.17, 15) is 0 Å². The molecule has 1 aromatic heterocycles. The smallest absolute Gasteiger partial charge is 0.0951 e. The van der Waals surface area contributed by atoms with Crippen molar-refractivity contribution in [2.75, 3.05) is 11.1 Å². The average Bonchev–Trinajstić information content (AvgIpc) is 3.15. The minimum absolute atomic E-state index is 0.676. The van der Waals surface area contributed by atoms with Gasteiger partial charge >= 0.3 is 0 Å². The van der Waals surface area contributed by atoms with Crippen LogP contribution in [0.4, 0.5) is 11.4 Å². The first kappa shape index (κ1) is 18.1. The summed E-state index contributed by atoms with van der Waals surface area (Å²) in [6.07, 6.45) is 3.73. The van der Waals surface area contributed by atoms with E-state index in [1.807, 2.05) is 67.1 Å². The predicted molar refractivity (Wildman–Crippen MR) is 116 cm³/mol. The van der Waals surface area contributed by atoms with Crippen molar-refractivity contribution >= 4 is 23.0 Å². The number of nitrogen functional groups attached to an aromatic ring is 1. The van der Waals surface area contributed by atoms with Crippen molar-refractivity contribution in [1.29, 1.82) is 0 Å². The van der Waals surface area contributed by atoms with Gasteiger partial charge in [0.1, 0.15) is 0 Å². The van der Waals surface area contributed by atoms with Crippen molar-refractivity contribution in [1.82, 2.24) is 9.55 Å². The van der Waals surface area contributed by atoms with E-state index >= 15 is 0 Å². The minimum Gasteiger partial charge on any atom is -0.399 e. The van der Waals surface area contributed by atoms with Gasteiger partial charge in [-0.25, -0.2) is 4.98 Å². The van der Waals surface area contributed by atoms with Gasteiger partial charge in [-0.05, 0) is 59.2 Å². The third-order valence-corrected chi connectivity index (χ3v) is 4.84. The van der Waals surface area contributed by atoms with Crippen LogP contribution in [0.3, 0.4) is 0 Å². The number of halogens is 1. The topological polar surface area (TPSA) is 55.9 Å². The molecule has 0 bridgehead atoms. The van der Waals surface area contributed by atoms with Gasteiger partial charge < -0.3 is 15.6 Å². The highest BCUT2D eigenvalue weighted by Crippen LogP contribution is 2.24. The van der Waals surface area contributed by atoms with Crippen molar-refractivity contribution in [2.45, 2.75) is 13.1 Å². The van der Waals surface area contributed by atoms with Crippen LogP contribution in [-0.4, -0.2) is 9.55 Å². The molecule has 0 radical (unpaired) electrons. The van der Waals surface area contributed by atoms with Gasteiger partial charge in [0.15, 0.2) is 0 Å². The average molecular weight is 389 g/mol. The fourth-order valence-corrected chi connectivity index (χ4v) is 3.33. The zero-order valence-electron chi connectivity index (χ0n) is 15.3. The molecule has 4 nitrogen and oxygen atoms in total. The molecule has 1 heterocycles. The molecule has 0 saturated heterocycles. The molecule has 28 heavy (non-hydrogen) atoms. The van der Waals surface area contributed by atoms with Crippen LogP contribution in [0.25, 0.3) is 11.1 Å². The molecule has 0 atom stereocenters. The monoisotopic (exact) mass is 388 g/mol. The summed E-state index contributed by atoms with van der Waals surface area (Å²) >= 11 is 5.94. The Labute approximate surface area is 169 Å². The number of hydrogen-bond acceptors (Lipinski definition) is 3. The summed E-state index contributed by atoms with van der Waals surface area (Å²) in [5.74, 6) is 0. The first-order valence-corrected chi connectivity index (χ1v) is 9.48. The Morgan fingerprint density at radius 2 is 1.71 bits per heavy atom. The Balaban J connectivity index is 1.51. The third kappa shape index (κ3) is 4.35. The van der Waals surface area contributed by atoms with Crippen LogP contribution in [0.2, 0.25) is 5.02 Å². The molecule has 0 aliphatic rings. The number of imidazole rings is 1. The number of nitrogens with two attached hydrogens (primary N) is 1. The highest BCUT2D eigenvalue weighted by Gasteiger charge is 2.06. The summed E-state index contributed by atoms with van der Waals surface area (Å²) in [5.41, 5.74) is 12.5. The molecular weight excluding hydrogens is 368 g/mol. The largest absolute Gasteiger partial charge is 0.399 e. The maximum Gasteiger partial charge on any atom is 0.0951 e. The van der Waals surface area contributed by atoms with Gasteiger partial charge in [-0.1, -0.05) is 41.9 Å². The highest BCUT2D eigenvalue weighted by molar-refractivity contribution is 6.30. The van der Waals surface area contributed by atoms with Crippen molar-refractivity contribution in [3.8, 4) is 11.1 Å². The molecule has 0 saturated carbocycles. The van der Waals surface area contributed by atoms with Gasteiger partial charge in [0.2, 0.25) is 0 Å². The van der Waals surface area contributed by atoms with E-state index in [-0.39, 0.29) is 0 Å². The van der Waals surface area contributed by atoms with Gasteiger partial charge in [0.05, 0.1) is 18.6 Å². The second-order valence-corrected chi connectivity index (χ2v) is 7.14. The number of aromatic nitrogens is 2. The molecule has 0 unspecified atom stereocenters. The fourth-order valence-electron chi connectivity index (χ4n) is 3.20. The lowest BCUT2D eigenvalue weighted by atomic mass is 10.0. The van der Waals surface area contributed by atoms with Gasteiger partial charge in [-0.2, -0.15) is 0 Å². The van der Waals surface area contributed by atoms with Crippen LogP contribution in [-0.2, 0) is 13.1 Å². The van der Waals surface area contributed by atoms with Gasteiger partial charge in [-0.15, -0.1) is 0 Å². The predicted octanol–water partition coefficient (Wildman–Crippen LogP) is 5.45. The summed E-state index contributed by atoms with van der Waals surface area (Å²) in [6, 6.07) is 24.2. The molecule has 0 aliphatic carbocycles. The third-order valence-electron chi connectivity index (χ3n) is 4.59. The van der Waals surface area contributed by atoms with Crippen LogP contribution < -0.4 is 11.1 Å². The number of nitrogens with zero attached hydrogens (tertiary/aromatic N) is 2. The molecular formula is C23H21ClN4. The maximum atomic E-state index is 6.16. The van der Waals surface area contributed by atoms with Crippen molar-refractivity contribution in [3.63, 3.8) is 0 Å². The molecule has 0 spiro atoms. The van der Waals surface area contributed by atoms with E-state index < -0.39 is 0 Å². The number of rotatable bonds is 6. The molecule has 4 aromatic rings. The number of anilines is 2. The molecule has 0 amide bonds. The van der Waals surface area contributed by atoms with E-state index in [0.29, 0.717) is 13.1 Å². The second kappa shape index (κ2) is 8.19. The van der Waals surface area contributed by atoms with E-state index in [0.717, 1.165) is 38.8 Å². The summed E-state index contributed by atoms with van der Waals surface area (Å²) < 4.78 is 2.13. The standard InChI is InChI=1S/C23H21ClN4/c24-20-6-8-22(9-7-20)27-14-23-13-26-16-28(23)15-17-10-19(12-21(25)11-17)18-4-2-1-3-5-18/h1-13,16,27H,14-15,25H2. The van der Waals surface area contributed by atoms with E-state index in [2.05, 4.69) is 33.1 Å². The first-order valence-electron chi connectivity index (χ1n) is 9.11. The Morgan fingerprint density at radius 3 is 2.50 bits per heavy atom. The summed E-state index contributed by atoms with van der Waals surface area (Å²) in [7, 11) is 0. The van der Waals surface area contributed by atoms with E-state index in [1.54, 1.807) is 0 Å². The summed E-state index contributed by atoms with van der Waals surface area (Å²) in [6.45, 7) is 1.39. The van der Waals surface area contributed by atoms with Gasteiger partial charge in [-0.3, -0.25) is 0 Å². The van der Waals surface area contributed by atoms with Gasteiger partial charge in [0, 0.05) is 29.1 Å². The normalized spacial score (nSPS) is 10.8. The molecule has 5 heteroatoms. The highest BCUT2D eigenvalue weighted by atomic mass is 35.5. The Kier molecular flexibility index (Phi) is 5.31. The van der Waals surface area contributed by atoms with Crippen molar-refractivity contribution in [3.05, 3.63) is 102 Å². The number of nitrogens with one attached hydrogen (secondary N) is 1. The van der Waals surface area contributed by atoms with Gasteiger partial charge in [0.25, 0.3) is 0 Å². The maximum absolute atomic E-state index is 6.16. The number of benzene rings is 3. The Bertz CT molecular complexity index is 1060. The van der Waals surface area contributed by atoms with Crippen LogP contribution in [0, 0.1) is 0 Å². The van der Waals surface area contributed by atoms with E-state index in [1.165, 1.54) is 0 Å². The first-order chi connectivity index (χ1) is 13.7. The van der Waals surface area contributed by atoms with Crippen LogP contribution in [0.15, 0.2) is 85.3 Å². The van der Waals surface area contributed by atoms with Crippen LogP contribution in [0.5, 0.6) is 0 Å². The molecule has 4 rings (SSSR count). The number of hydrogen-bond donors (Lipinski definition) is 2. The second-order valence-electron chi connectivity index (χ2n) is 6.70. The van der Waals surface area contributed by atoms with Crippen LogP contribution >= 0.6 is 11.6 Å². The minimum atomic E-state index is 0.676. The fraction of sp³-hybridized carbons (Fsp3) is 0.0870.